The first-order chi connectivity index (χ1) is 39.6. The molecule has 0 saturated carbocycles. The number of imidazole rings is 1. The molecule has 5 heteroatoms. The van der Waals surface area contributed by atoms with Crippen LogP contribution in [0.25, 0.3) is 61.4 Å². The van der Waals surface area contributed by atoms with Crippen LogP contribution in [0, 0.1) is 6.33 Å². The molecule has 12 aromatic rings. The fraction of sp³-hybridized carbons (Fsp3) is 0.195. The first-order valence-corrected chi connectivity index (χ1v) is 29.0. The molecular formula is C77H72N4O. The number of para-hydroxylation sites is 1. The average Bonchev–Trinajstić information content (AvgIpc) is 3.42. The highest BCUT2D eigenvalue weighted by molar-refractivity contribution is 6.09. The number of pyridine rings is 1. The van der Waals surface area contributed by atoms with E-state index in [1.807, 2.05) is 6.20 Å². The number of hydrogen-bond donors (Lipinski definition) is 0. The highest BCUT2D eigenvalue weighted by Crippen LogP contribution is 2.43. The summed E-state index contributed by atoms with van der Waals surface area (Å²) in [4.78, 5) is 5.06. The van der Waals surface area contributed by atoms with Gasteiger partial charge in [-0.05, 0) is 134 Å². The molecule has 3 heterocycles. The SMILES string of the molecule is CC(C)c1cccc(C(C)C)c1-c1c[n+](-c2cc(C(C)(C)c3ccccc3)cc(C(C)(C)c3ccccc3)c2)[c-]n1-c1cc(Oc2ccc3c4ccccc4n(-c4cc(C(C)(C)c5ccccc5)ccn4)c3c2)cc(-c2ccccc2)c1. The van der Waals surface area contributed by atoms with E-state index in [1.54, 1.807) is 0 Å². The van der Waals surface area contributed by atoms with Gasteiger partial charge in [-0.2, -0.15) is 0 Å². The number of fused-ring (bicyclic) bond motifs is 3. The second-order valence-electron chi connectivity index (χ2n) is 24.3. The van der Waals surface area contributed by atoms with Gasteiger partial charge in [-0.1, -0.05) is 233 Å². The summed E-state index contributed by atoms with van der Waals surface area (Å²) >= 11 is 0. The second-order valence-corrected chi connectivity index (χ2v) is 24.3. The van der Waals surface area contributed by atoms with Gasteiger partial charge in [-0.15, -0.1) is 0 Å². The molecule has 0 atom stereocenters. The van der Waals surface area contributed by atoms with Crippen molar-refractivity contribution in [3.8, 4) is 51.1 Å². The molecule has 3 aromatic heterocycles. The van der Waals surface area contributed by atoms with Gasteiger partial charge in [0.15, 0.2) is 0 Å². The second kappa shape index (κ2) is 21.4. The first-order valence-electron chi connectivity index (χ1n) is 29.0. The third kappa shape index (κ3) is 9.93. The topological polar surface area (TPSA) is 35.9 Å². The minimum absolute atomic E-state index is 0.248. The van der Waals surface area contributed by atoms with Crippen LogP contribution in [0.2, 0.25) is 0 Å². The number of rotatable bonds is 15. The molecule has 0 aliphatic carbocycles. The average molecular weight is 1070 g/mol. The molecule has 0 aliphatic rings. The third-order valence-corrected chi connectivity index (χ3v) is 17.3. The molecule has 0 aliphatic heterocycles. The van der Waals surface area contributed by atoms with Crippen LogP contribution in [0.1, 0.15) is 126 Å². The van der Waals surface area contributed by atoms with Crippen LogP contribution in [-0.4, -0.2) is 14.1 Å². The minimum atomic E-state index is -0.312. The van der Waals surface area contributed by atoms with Gasteiger partial charge in [0.2, 0.25) is 0 Å². The maximum Gasteiger partial charge on any atom is 0.269 e. The van der Waals surface area contributed by atoms with E-state index in [-0.39, 0.29) is 28.1 Å². The van der Waals surface area contributed by atoms with Crippen LogP contribution in [-0.2, 0) is 16.2 Å². The third-order valence-electron chi connectivity index (χ3n) is 17.3. The van der Waals surface area contributed by atoms with Crippen molar-refractivity contribution in [1.29, 1.82) is 0 Å². The van der Waals surface area contributed by atoms with Gasteiger partial charge in [0.1, 0.15) is 17.3 Å². The summed E-state index contributed by atoms with van der Waals surface area (Å²) in [5.74, 6) is 2.80. The lowest BCUT2D eigenvalue weighted by molar-refractivity contribution is -0.599. The standard InChI is InChI=1S/C77H72N4O/c1-52(2)66-35-25-36-67(53(3)4)74(66)72-50-79(62-45-60(76(7,8)57-30-19-13-20-31-57)44-61(46-62)77(9,10)58-32-21-14-22-33-58)51-80(72)63-42-55(54-26-15-11-16-27-54)43-65(48-63)82-64-38-39-69-68-34-23-24-37-70(68)81(71(69)49-64)73-47-59(40-41-78-73)75(5,6)56-28-17-12-18-29-56/h11-50,52-53H,1-10H3. The Labute approximate surface area is 484 Å². The predicted molar refractivity (Wildman–Crippen MR) is 340 cm³/mol. The summed E-state index contributed by atoms with van der Waals surface area (Å²) in [6, 6.07) is 83.2. The molecule has 9 aromatic carbocycles. The monoisotopic (exact) mass is 1070 g/mol. The minimum Gasteiger partial charge on any atom is -0.458 e. The molecule has 12 rings (SSSR count). The zero-order chi connectivity index (χ0) is 56.9. The first kappa shape index (κ1) is 53.6. The number of benzene rings is 9. The van der Waals surface area contributed by atoms with Gasteiger partial charge in [-0.25, -0.2) is 4.98 Å². The maximum atomic E-state index is 7.22. The quantitative estimate of drug-likeness (QED) is 0.0758. The van der Waals surface area contributed by atoms with E-state index in [0.717, 1.165) is 61.6 Å². The zero-order valence-corrected chi connectivity index (χ0v) is 48.9. The van der Waals surface area contributed by atoms with E-state index in [9.17, 15) is 0 Å². The van der Waals surface area contributed by atoms with Crippen LogP contribution < -0.4 is 9.30 Å². The normalized spacial score (nSPS) is 12.2. The van der Waals surface area contributed by atoms with E-state index in [4.69, 9.17) is 9.72 Å². The van der Waals surface area contributed by atoms with Crippen LogP contribution in [0.5, 0.6) is 11.5 Å². The Morgan fingerprint density at radius 1 is 0.439 bits per heavy atom. The summed E-state index contributed by atoms with van der Waals surface area (Å²) in [6.07, 6.45) is 8.27. The zero-order valence-electron chi connectivity index (χ0n) is 48.9. The molecule has 0 unspecified atom stereocenters. The fourth-order valence-electron chi connectivity index (χ4n) is 12.2. The van der Waals surface area contributed by atoms with E-state index in [1.165, 1.54) is 50.1 Å². The molecule has 0 fully saturated rings. The van der Waals surface area contributed by atoms with E-state index >= 15 is 0 Å². The highest BCUT2D eigenvalue weighted by Gasteiger charge is 2.31. The molecule has 0 amide bonds. The molecule has 5 nitrogen and oxygen atoms in total. The summed E-state index contributed by atoms with van der Waals surface area (Å²) in [5.41, 5.74) is 17.6. The molecule has 0 spiro atoms. The Morgan fingerprint density at radius 2 is 0.976 bits per heavy atom. The van der Waals surface area contributed by atoms with Crippen molar-refractivity contribution in [1.82, 2.24) is 14.1 Å². The van der Waals surface area contributed by atoms with E-state index < -0.39 is 0 Å². The van der Waals surface area contributed by atoms with Crippen LogP contribution >= 0.6 is 0 Å². The lowest BCUT2D eigenvalue weighted by atomic mass is 9.73. The molecule has 82 heavy (non-hydrogen) atoms. The maximum absolute atomic E-state index is 7.22. The summed E-state index contributed by atoms with van der Waals surface area (Å²) in [7, 11) is 0. The number of nitrogens with zero attached hydrogens (tertiary/aromatic N) is 4. The van der Waals surface area contributed by atoms with E-state index in [0.29, 0.717) is 5.75 Å². The summed E-state index contributed by atoms with van der Waals surface area (Å²) in [6.45, 7) is 23.2. The van der Waals surface area contributed by atoms with Crippen molar-refractivity contribution in [3.05, 3.63) is 294 Å². The Hall–Kier alpha value is -9.06. The molecule has 0 bridgehead atoms. The lowest BCUT2D eigenvalue weighted by Gasteiger charge is -2.32. The van der Waals surface area contributed by atoms with Gasteiger partial charge >= 0.3 is 0 Å². The largest absolute Gasteiger partial charge is 0.458 e. The van der Waals surface area contributed by atoms with Crippen LogP contribution in [0.3, 0.4) is 0 Å². The van der Waals surface area contributed by atoms with Crippen molar-refractivity contribution < 1.29 is 9.30 Å². The van der Waals surface area contributed by atoms with Gasteiger partial charge in [0, 0.05) is 45.5 Å². The summed E-state index contributed by atoms with van der Waals surface area (Å²) < 4.78 is 14.0. The van der Waals surface area contributed by atoms with Crippen molar-refractivity contribution in [2.75, 3.05) is 0 Å². The lowest BCUT2D eigenvalue weighted by Crippen LogP contribution is -2.31. The van der Waals surface area contributed by atoms with Crippen molar-refractivity contribution >= 4 is 21.8 Å². The van der Waals surface area contributed by atoms with Gasteiger partial charge in [0.05, 0.1) is 28.1 Å². The Balaban J connectivity index is 1.05. The molecule has 406 valence electrons. The molecular weight excluding hydrogens is 997 g/mol. The molecule has 0 radical (unpaired) electrons. The van der Waals surface area contributed by atoms with Crippen molar-refractivity contribution in [3.63, 3.8) is 0 Å². The van der Waals surface area contributed by atoms with Gasteiger partial charge in [0.25, 0.3) is 6.33 Å². The van der Waals surface area contributed by atoms with Gasteiger partial charge < -0.3 is 4.74 Å². The molecule has 0 N–H and O–H groups in total. The fourth-order valence-corrected chi connectivity index (χ4v) is 12.2. The van der Waals surface area contributed by atoms with Gasteiger partial charge in [-0.3, -0.25) is 13.7 Å². The van der Waals surface area contributed by atoms with Crippen LogP contribution in [0.15, 0.2) is 243 Å². The highest BCUT2D eigenvalue weighted by atomic mass is 16.5. The number of ether oxygens (including phenoxy) is 1. The number of hydrogen-bond acceptors (Lipinski definition) is 2. The van der Waals surface area contributed by atoms with E-state index in [2.05, 4.69) is 326 Å². The van der Waals surface area contributed by atoms with Crippen LogP contribution in [0.4, 0.5) is 0 Å². The Kier molecular flexibility index (Phi) is 14.0. The Morgan fingerprint density at radius 3 is 1.56 bits per heavy atom. The Bertz CT molecular complexity index is 4160. The van der Waals surface area contributed by atoms with Crippen molar-refractivity contribution in [2.24, 2.45) is 0 Å². The number of aromatic nitrogens is 4. The van der Waals surface area contributed by atoms with Crippen molar-refractivity contribution in [2.45, 2.75) is 97.3 Å². The predicted octanol–water partition coefficient (Wildman–Crippen LogP) is 19.4. The molecule has 0 saturated heterocycles. The smallest absolute Gasteiger partial charge is 0.269 e. The summed E-state index contributed by atoms with van der Waals surface area (Å²) in [5, 5.41) is 2.28.